The number of aliphatic hydroxyl groups excluding tert-OH is 3. The topological polar surface area (TPSA) is 127 Å². The van der Waals surface area contributed by atoms with Crippen molar-refractivity contribution in [3.63, 3.8) is 0 Å². The van der Waals surface area contributed by atoms with E-state index in [-0.39, 0.29) is 5.28 Å². The molecule has 4 heterocycles. The first-order valence-electron chi connectivity index (χ1n) is 7.16. The van der Waals surface area contributed by atoms with Crippen molar-refractivity contribution in [3.05, 3.63) is 30.0 Å². The van der Waals surface area contributed by atoms with Crippen LogP contribution in [0.5, 0.6) is 0 Å². The van der Waals surface area contributed by atoms with Gasteiger partial charge in [-0.2, -0.15) is 4.98 Å². The average Bonchev–Trinajstić information content (AvgIpc) is 3.28. The number of fused-ring (bicyclic) bond motifs is 1. The number of imidazole rings is 1. The lowest BCUT2D eigenvalue weighted by molar-refractivity contribution is -0.0511. The zero-order valence-electron chi connectivity index (χ0n) is 12.2. The smallest absolute Gasteiger partial charge is 0.225 e. The molecule has 0 aromatic carbocycles. The molecule has 1 fully saturated rings. The molecule has 0 amide bonds. The number of nitrogens with zero attached hydrogens (tertiary/aromatic N) is 4. The zero-order chi connectivity index (χ0) is 16.8. The van der Waals surface area contributed by atoms with E-state index in [1.165, 1.54) is 17.2 Å². The summed E-state index contributed by atoms with van der Waals surface area (Å²) in [6, 6.07) is 3.42. The molecule has 0 radical (unpaired) electrons. The molecule has 1 aliphatic rings. The van der Waals surface area contributed by atoms with Crippen molar-refractivity contribution in [2.45, 2.75) is 24.5 Å². The quantitative estimate of drug-likeness (QED) is 0.576. The molecular formula is C14H13ClN4O5. The minimum absolute atomic E-state index is 0.0256. The Morgan fingerprint density at radius 3 is 2.75 bits per heavy atom. The Hall–Kier alpha value is -2.04. The van der Waals surface area contributed by atoms with Crippen molar-refractivity contribution in [2.75, 3.05) is 6.61 Å². The molecule has 1 saturated heterocycles. The fourth-order valence-electron chi connectivity index (χ4n) is 2.77. The molecule has 0 saturated carbocycles. The minimum atomic E-state index is -1.25. The van der Waals surface area contributed by atoms with Gasteiger partial charge in [-0.05, 0) is 23.7 Å². The van der Waals surface area contributed by atoms with E-state index in [2.05, 4.69) is 15.0 Å². The van der Waals surface area contributed by atoms with Gasteiger partial charge < -0.3 is 24.5 Å². The highest BCUT2D eigenvalue weighted by molar-refractivity contribution is 6.28. The van der Waals surface area contributed by atoms with Crippen LogP contribution in [0.25, 0.3) is 22.6 Å². The molecule has 0 spiro atoms. The van der Waals surface area contributed by atoms with Crippen molar-refractivity contribution in [2.24, 2.45) is 0 Å². The van der Waals surface area contributed by atoms with Crippen LogP contribution in [0.4, 0.5) is 0 Å². The number of ether oxygens (including phenoxy) is 1. The summed E-state index contributed by atoms with van der Waals surface area (Å²) in [6.07, 6.45) is -1.43. The molecule has 4 atom stereocenters. The van der Waals surface area contributed by atoms with E-state index in [4.69, 9.17) is 20.8 Å². The monoisotopic (exact) mass is 352 g/mol. The first-order chi connectivity index (χ1) is 11.6. The maximum Gasteiger partial charge on any atom is 0.225 e. The lowest BCUT2D eigenvalue weighted by atomic mass is 10.1. The van der Waals surface area contributed by atoms with Gasteiger partial charge in [0.1, 0.15) is 29.5 Å². The Bertz CT molecular complexity index is 868. The molecular weight excluding hydrogens is 340 g/mol. The number of hydrogen-bond acceptors (Lipinski definition) is 8. The Morgan fingerprint density at radius 1 is 1.25 bits per heavy atom. The van der Waals surface area contributed by atoms with Crippen LogP contribution in [0, 0.1) is 0 Å². The molecule has 0 unspecified atom stereocenters. The van der Waals surface area contributed by atoms with Gasteiger partial charge in [0.15, 0.2) is 17.6 Å². The van der Waals surface area contributed by atoms with Crippen LogP contribution in [-0.2, 0) is 4.74 Å². The predicted octanol–water partition coefficient (Wildman–Crippen LogP) is 0.351. The summed E-state index contributed by atoms with van der Waals surface area (Å²) in [7, 11) is 0. The summed E-state index contributed by atoms with van der Waals surface area (Å²) in [6.45, 7) is -0.422. The number of aromatic nitrogens is 4. The van der Waals surface area contributed by atoms with Gasteiger partial charge in [-0.25, -0.2) is 9.97 Å². The van der Waals surface area contributed by atoms with E-state index >= 15 is 0 Å². The summed E-state index contributed by atoms with van der Waals surface area (Å²) in [5.74, 6) is 0.468. The predicted molar refractivity (Wildman–Crippen MR) is 81.0 cm³/mol. The van der Waals surface area contributed by atoms with Crippen LogP contribution in [0.15, 0.2) is 29.1 Å². The van der Waals surface area contributed by atoms with E-state index in [0.717, 1.165) is 0 Å². The maximum absolute atomic E-state index is 10.2. The number of aliphatic hydroxyl groups is 3. The van der Waals surface area contributed by atoms with Gasteiger partial charge >= 0.3 is 0 Å². The molecule has 1 aliphatic heterocycles. The number of halogens is 1. The zero-order valence-corrected chi connectivity index (χ0v) is 12.9. The SMILES string of the molecule is OC[C@@H]1O[C@@H](n2cnc3c(-c4ccco4)nc(Cl)nc32)[C@@H](O)[C@@H]1O. The van der Waals surface area contributed by atoms with Crippen LogP contribution < -0.4 is 0 Å². The first kappa shape index (κ1) is 15.5. The normalized spacial score (nSPS) is 27.2. The highest BCUT2D eigenvalue weighted by Crippen LogP contribution is 2.33. The molecule has 126 valence electrons. The van der Waals surface area contributed by atoms with Crippen LogP contribution >= 0.6 is 11.6 Å². The molecule has 4 rings (SSSR count). The molecule has 3 N–H and O–H groups in total. The number of furan rings is 1. The third-order valence-corrected chi connectivity index (χ3v) is 4.11. The van der Waals surface area contributed by atoms with Crippen molar-refractivity contribution < 1.29 is 24.5 Å². The molecule has 3 aromatic heterocycles. The maximum atomic E-state index is 10.2. The second-order valence-corrected chi connectivity index (χ2v) is 5.71. The number of hydrogen-bond donors (Lipinski definition) is 3. The highest BCUT2D eigenvalue weighted by Gasteiger charge is 2.44. The molecule has 10 heteroatoms. The van der Waals surface area contributed by atoms with E-state index < -0.39 is 31.1 Å². The van der Waals surface area contributed by atoms with E-state index in [9.17, 15) is 15.3 Å². The fraction of sp³-hybridized carbons (Fsp3) is 0.357. The van der Waals surface area contributed by atoms with E-state index in [1.54, 1.807) is 12.1 Å². The van der Waals surface area contributed by atoms with Crippen LogP contribution in [-0.4, -0.2) is 59.8 Å². The van der Waals surface area contributed by atoms with Crippen molar-refractivity contribution >= 4 is 22.8 Å². The van der Waals surface area contributed by atoms with Gasteiger partial charge in [0, 0.05) is 0 Å². The van der Waals surface area contributed by atoms with Crippen LogP contribution in [0.1, 0.15) is 6.23 Å². The Kier molecular flexibility index (Phi) is 3.74. The summed E-state index contributed by atoms with van der Waals surface area (Å²) in [5, 5.41) is 29.3. The summed E-state index contributed by atoms with van der Waals surface area (Å²) >= 11 is 6.00. The van der Waals surface area contributed by atoms with Crippen molar-refractivity contribution in [3.8, 4) is 11.5 Å². The largest absolute Gasteiger partial charge is 0.463 e. The molecule has 0 aliphatic carbocycles. The lowest BCUT2D eigenvalue weighted by Gasteiger charge is -2.16. The van der Waals surface area contributed by atoms with E-state index in [1.807, 2.05) is 0 Å². The molecule has 9 nitrogen and oxygen atoms in total. The minimum Gasteiger partial charge on any atom is -0.463 e. The summed E-state index contributed by atoms with van der Waals surface area (Å²) in [5.41, 5.74) is 1.13. The average molecular weight is 353 g/mol. The first-order valence-corrected chi connectivity index (χ1v) is 7.54. The fourth-order valence-corrected chi connectivity index (χ4v) is 2.94. The van der Waals surface area contributed by atoms with Crippen LogP contribution in [0.3, 0.4) is 0 Å². The molecule has 0 bridgehead atoms. The van der Waals surface area contributed by atoms with Gasteiger partial charge in [0.05, 0.1) is 19.2 Å². The second-order valence-electron chi connectivity index (χ2n) is 5.37. The van der Waals surface area contributed by atoms with Crippen LogP contribution in [0.2, 0.25) is 5.28 Å². The van der Waals surface area contributed by atoms with Crippen molar-refractivity contribution in [1.29, 1.82) is 0 Å². The standard InChI is InChI=1S/C14H13ClN4O5/c15-14-17-8(6-2-1-3-23-6)9-12(18-14)19(5-16-9)13-11(22)10(21)7(4-20)24-13/h1-3,5,7,10-11,13,20-22H,4H2/t7-,10+,11-,13+/m0/s1. The Balaban J connectivity index is 1.84. The summed E-state index contributed by atoms with van der Waals surface area (Å²) < 4.78 is 12.3. The molecule has 24 heavy (non-hydrogen) atoms. The number of rotatable bonds is 3. The van der Waals surface area contributed by atoms with E-state index in [0.29, 0.717) is 22.6 Å². The Morgan fingerprint density at radius 2 is 2.08 bits per heavy atom. The summed E-state index contributed by atoms with van der Waals surface area (Å²) in [4.78, 5) is 12.5. The third kappa shape index (κ3) is 2.29. The third-order valence-electron chi connectivity index (χ3n) is 3.94. The molecule has 3 aromatic rings. The van der Waals surface area contributed by atoms with Gasteiger partial charge in [0.2, 0.25) is 5.28 Å². The Labute approximate surface area is 140 Å². The van der Waals surface area contributed by atoms with Gasteiger partial charge in [-0.3, -0.25) is 4.57 Å². The van der Waals surface area contributed by atoms with Gasteiger partial charge in [0.25, 0.3) is 0 Å². The van der Waals surface area contributed by atoms with Gasteiger partial charge in [-0.15, -0.1) is 0 Å². The van der Waals surface area contributed by atoms with Gasteiger partial charge in [-0.1, -0.05) is 0 Å². The lowest BCUT2D eigenvalue weighted by Crippen LogP contribution is -2.33. The highest BCUT2D eigenvalue weighted by atomic mass is 35.5. The second kappa shape index (κ2) is 5.80. The van der Waals surface area contributed by atoms with Crippen molar-refractivity contribution in [1.82, 2.24) is 19.5 Å².